The third kappa shape index (κ3) is 8.89. The average Bonchev–Trinajstić information content (AvgIpc) is 2.81. The summed E-state index contributed by atoms with van der Waals surface area (Å²) in [7, 11) is 0. The molecule has 0 amide bonds. The zero-order chi connectivity index (χ0) is 23.3. The van der Waals surface area contributed by atoms with Crippen LogP contribution in [0, 0.1) is 0 Å². The fourth-order valence-electron chi connectivity index (χ4n) is 2.32. The molecule has 0 saturated heterocycles. The van der Waals surface area contributed by atoms with Gasteiger partial charge in [-0.25, -0.2) is 4.79 Å². The van der Waals surface area contributed by atoms with Gasteiger partial charge in [0, 0.05) is 18.0 Å². The Labute approximate surface area is 202 Å². The monoisotopic (exact) mass is 494 g/mol. The summed E-state index contributed by atoms with van der Waals surface area (Å²) in [5.41, 5.74) is 1.47. The largest absolute Gasteiger partial charge is 2.00 e. The number of benzene rings is 2. The van der Waals surface area contributed by atoms with Crippen molar-refractivity contribution in [1.82, 2.24) is 9.97 Å². The van der Waals surface area contributed by atoms with E-state index < -0.39 is 17.7 Å². The topological polar surface area (TPSA) is 146 Å². The van der Waals surface area contributed by atoms with E-state index in [1.165, 1.54) is 42.5 Å². The summed E-state index contributed by atoms with van der Waals surface area (Å²) in [5.74, 6) is -3.25. The number of rotatable bonds is 3. The van der Waals surface area contributed by atoms with Crippen LogP contribution in [0.4, 0.5) is 0 Å². The van der Waals surface area contributed by atoms with Crippen molar-refractivity contribution in [2.75, 3.05) is 0 Å². The first kappa shape index (κ1) is 26.9. The summed E-state index contributed by atoms with van der Waals surface area (Å²) >= 11 is 0. The summed E-state index contributed by atoms with van der Waals surface area (Å²) < 4.78 is 0. The van der Waals surface area contributed by atoms with Gasteiger partial charge in [-0.05, 0) is 42.5 Å². The smallest absolute Gasteiger partial charge is 0.872 e. The molecule has 4 rings (SSSR count). The number of para-hydroxylation sites is 2. The van der Waals surface area contributed by atoms with Crippen molar-refractivity contribution in [3.63, 3.8) is 0 Å². The molecule has 0 aliphatic rings. The molecule has 2 aromatic heterocycles. The minimum absolute atomic E-state index is 0. The second-order valence-corrected chi connectivity index (χ2v) is 6.04. The molecule has 0 saturated carbocycles. The molecule has 2 heterocycles. The van der Waals surface area contributed by atoms with E-state index in [1.54, 1.807) is 18.5 Å². The Morgan fingerprint density at radius 3 is 1.48 bits per heavy atom. The van der Waals surface area contributed by atoms with Crippen LogP contribution in [0.1, 0.15) is 20.7 Å². The van der Waals surface area contributed by atoms with Crippen LogP contribution in [-0.2, 0) is 19.5 Å². The number of carbonyl (C=O) groups is 2. The summed E-state index contributed by atoms with van der Waals surface area (Å²) in [6.45, 7) is 0. The van der Waals surface area contributed by atoms with Crippen molar-refractivity contribution in [1.29, 1.82) is 0 Å². The summed E-state index contributed by atoms with van der Waals surface area (Å²) in [5, 5.41) is 38.1. The zero-order valence-electron chi connectivity index (χ0n) is 17.4. The number of hydrogen-bond acceptors (Lipinski definition) is 7. The summed E-state index contributed by atoms with van der Waals surface area (Å²) in [4.78, 5) is 28.7. The number of aromatic hydroxyl groups is 1. The van der Waals surface area contributed by atoms with Gasteiger partial charge >= 0.3 is 25.4 Å². The van der Waals surface area contributed by atoms with Crippen LogP contribution in [0.3, 0.4) is 0 Å². The van der Waals surface area contributed by atoms with Gasteiger partial charge in [0.05, 0.1) is 22.9 Å². The Morgan fingerprint density at radius 1 is 0.697 bits per heavy atom. The fourth-order valence-corrected chi connectivity index (χ4v) is 2.32. The third-order valence-corrected chi connectivity index (χ3v) is 3.83. The van der Waals surface area contributed by atoms with Crippen molar-refractivity contribution in [2.24, 2.45) is 0 Å². The van der Waals surface area contributed by atoms with E-state index in [2.05, 4.69) is 9.97 Å². The maximum Gasteiger partial charge on any atom is 2.00 e. The maximum absolute atomic E-state index is 10.7. The Hall–Kier alpha value is -4.10. The van der Waals surface area contributed by atoms with E-state index in [9.17, 15) is 19.8 Å². The molecule has 0 bridgehead atoms. The van der Waals surface area contributed by atoms with E-state index in [4.69, 9.17) is 10.2 Å². The predicted molar refractivity (Wildman–Crippen MR) is 113 cm³/mol. The van der Waals surface area contributed by atoms with Gasteiger partial charge < -0.3 is 25.2 Å². The van der Waals surface area contributed by atoms with Gasteiger partial charge in [0.25, 0.3) is 0 Å². The number of aromatic carboxylic acids is 2. The van der Waals surface area contributed by atoms with Gasteiger partial charge in [0.2, 0.25) is 0 Å². The van der Waals surface area contributed by atoms with Crippen molar-refractivity contribution in [2.45, 2.75) is 0 Å². The molecule has 0 spiro atoms. The second-order valence-electron chi connectivity index (χ2n) is 6.04. The first-order valence-electron chi connectivity index (χ1n) is 9.21. The van der Waals surface area contributed by atoms with Crippen LogP contribution in [0.2, 0.25) is 0 Å². The molecule has 0 unspecified atom stereocenters. The second kappa shape index (κ2) is 14.1. The molecular formula is C24H18N2O6Zn. The number of hydrogen-bond donors (Lipinski definition) is 2. The molecule has 0 aliphatic heterocycles. The Bertz CT molecular complexity index is 1060. The van der Waals surface area contributed by atoms with E-state index in [1.807, 2.05) is 36.4 Å². The molecule has 9 heteroatoms. The zero-order valence-corrected chi connectivity index (χ0v) is 20.3. The fraction of sp³-hybridized carbons (Fsp3) is 0. The van der Waals surface area contributed by atoms with Crippen molar-refractivity contribution >= 4 is 11.9 Å². The average molecular weight is 496 g/mol. The van der Waals surface area contributed by atoms with Gasteiger partial charge in [-0.3, -0.25) is 9.97 Å². The minimum Gasteiger partial charge on any atom is -0.872 e. The van der Waals surface area contributed by atoms with Crippen LogP contribution < -0.4 is 10.2 Å². The van der Waals surface area contributed by atoms with Crippen molar-refractivity contribution in [3.05, 3.63) is 108 Å². The molecule has 4 aromatic rings. The molecule has 0 aliphatic carbocycles. The SMILES string of the molecule is O=C(O)c1ccccc1[O-].O=C([O-])c1ccccc1O.[Zn+2].c1ccc(-c2ccccn2)nc1. The molecule has 0 atom stereocenters. The molecule has 0 radical (unpaired) electrons. The van der Waals surface area contributed by atoms with Crippen molar-refractivity contribution < 1.29 is 49.5 Å². The number of pyridine rings is 2. The van der Waals surface area contributed by atoms with Crippen LogP contribution in [-0.4, -0.2) is 32.1 Å². The van der Waals surface area contributed by atoms with Gasteiger partial charge in [0.1, 0.15) is 5.75 Å². The summed E-state index contributed by atoms with van der Waals surface area (Å²) in [6, 6.07) is 22.8. The number of nitrogens with zero attached hydrogens (tertiary/aromatic N) is 2. The molecule has 0 fully saturated rings. The van der Waals surface area contributed by atoms with E-state index >= 15 is 0 Å². The van der Waals surface area contributed by atoms with Gasteiger partial charge in [-0.1, -0.05) is 48.2 Å². The minimum atomic E-state index is -1.36. The Kier molecular flexibility index (Phi) is 11.5. The third-order valence-electron chi connectivity index (χ3n) is 3.83. The normalized spacial score (nSPS) is 9.09. The number of phenols is 1. The molecule has 2 N–H and O–H groups in total. The van der Waals surface area contributed by atoms with Crippen LogP contribution in [0.5, 0.6) is 11.5 Å². The van der Waals surface area contributed by atoms with E-state index in [-0.39, 0.29) is 36.4 Å². The Morgan fingerprint density at radius 2 is 1.15 bits per heavy atom. The van der Waals surface area contributed by atoms with Gasteiger partial charge in [-0.2, -0.15) is 0 Å². The van der Waals surface area contributed by atoms with Crippen LogP contribution >= 0.6 is 0 Å². The number of aromatic nitrogens is 2. The van der Waals surface area contributed by atoms with Crippen LogP contribution in [0.25, 0.3) is 11.4 Å². The Balaban J connectivity index is 0.000000246. The quantitative estimate of drug-likeness (QED) is 0.412. The van der Waals surface area contributed by atoms with E-state index in [0.717, 1.165) is 11.4 Å². The number of carbonyl (C=O) groups excluding carboxylic acids is 1. The number of carboxylic acid groups (broad SMARTS) is 2. The van der Waals surface area contributed by atoms with E-state index in [0.29, 0.717) is 0 Å². The van der Waals surface area contributed by atoms with Gasteiger partial charge in [-0.15, -0.1) is 0 Å². The molecule has 2 aromatic carbocycles. The van der Waals surface area contributed by atoms with Crippen molar-refractivity contribution in [3.8, 4) is 22.9 Å². The standard InChI is InChI=1S/C10H8N2.2C7H6O3.Zn/c1-3-7-11-9(5-1)10-6-2-4-8-12-10;2*8-6-4-2-1-3-5(6)7(9)10;/h1-8H;2*1-4,8H,(H,9,10);/q;;;+2/p-2. The summed E-state index contributed by atoms with van der Waals surface area (Å²) in [6.07, 6.45) is 3.54. The van der Waals surface area contributed by atoms with Crippen LogP contribution in [0.15, 0.2) is 97.3 Å². The van der Waals surface area contributed by atoms with Gasteiger partial charge in [0.15, 0.2) is 0 Å². The maximum atomic E-state index is 10.7. The molecule has 8 nitrogen and oxygen atoms in total. The first-order chi connectivity index (χ1) is 15.4. The molecular weight excluding hydrogens is 478 g/mol. The molecule has 33 heavy (non-hydrogen) atoms. The molecule has 162 valence electrons. The number of carboxylic acids is 2. The first-order valence-corrected chi connectivity index (χ1v) is 9.21. The predicted octanol–water partition coefficient (Wildman–Crippen LogP) is 2.36.